The molecule has 2 aromatic carbocycles. The van der Waals surface area contributed by atoms with Gasteiger partial charge in [-0.3, -0.25) is 9.40 Å². The van der Waals surface area contributed by atoms with E-state index in [1.54, 1.807) is 41.2 Å². The maximum absolute atomic E-state index is 13.1. The van der Waals surface area contributed by atoms with Gasteiger partial charge in [-0.25, -0.2) is 8.42 Å². The number of anilines is 1. The molecule has 0 aliphatic rings. The highest BCUT2D eigenvalue weighted by atomic mass is 79.9. The van der Waals surface area contributed by atoms with E-state index in [0.717, 1.165) is 5.56 Å². The van der Waals surface area contributed by atoms with E-state index in [0.29, 0.717) is 27.7 Å². The third kappa shape index (κ3) is 3.73. The van der Waals surface area contributed by atoms with Gasteiger partial charge in [-0.15, -0.1) is 0 Å². The zero-order chi connectivity index (χ0) is 21.3. The Morgan fingerprint density at radius 2 is 1.97 bits per heavy atom. The first-order valence-corrected chi connectivity index (χ1v) is 11.0. The van der Waals surface area contributed by atoms with Crippen molar-refractivity contribution >= 4 is 42.7 Å². The van der Waals surface area contributed by atoms with E-state index in [-0.39, 0.29) is 16.5 Å². The maximum Gasteiger partial charge on any atom is 0.267 e. The number of ether oxygens (including phenoxy) is 2. The van der Waals surface area contributed by atoms with Crippen molar-refractivity contribution in [3.8, 4) is 11.5 Å². The van der Waals surface area contributed by atoms with Crippen molar-refractivity contribution in [3.63, 3.8) is 0 Å². The molecule has 30 heavy (non-hydrogen) atoms. The quantitative estimate of drug-likeness (QED) is 0.419. The topological polar surface area (TPSA) is 108 Å². The Hall–Kier alpha value is -3.05. The summed E-state index contributed by atoms with van der Waals surface area (Å²) in [6.07, 6.45) is 3.52. The minimum atomic E-state index is -4.04. The Labute approximate surface area is 180 Å². The first-order chi connectivity index (χ1) is 14.4. The second kappa shape index (κ2) is 8.00. The average molecular weight is 493 g/mol. The van der Waals surface area contributed by atoms with Crippen LogP contribution in [0, 0.1) is 0 Å². The van der Waals surface area contributed by atoms with Crippen LogP contribution >= 0.6 is 15.9 Å². The Bertz CT molecular complexity index is 1300. The largest absolute Gasteiger partial charge is 0.496 e. The molecule has 0 spiro atoms. The van der Waals surface area contributed by atoms with Gasteiger partial charge < -0.3 is 14.0 Å². The zero-order valence-corrected chi connectivity index (χ0v) is 18.4. The minimum Gasteiger partial charge on any atom is -0.496 e. The molecule has 156 valence electrons. The summed E-state index contributed by atoms with van der Waals surface area (Å²) in [5.74, 6) is 0.635. The molecule has 0 radical (unpaired) electrons. The number of rotatable bonds is 7. The summed E-state index contributed by atoms with van der Waals surface area (Å²) in [5.41, 5.74) is 1.24. The van der Waals surface area contributed by atoms with Gasteiger partial charge in [0.1, 0.15) is 21.8 Å². The molecule has 4 rings (SSSR count). The molecule has 0 atom stereocenters. The molecular formula is C19H17BrN4O5S. The number of hydrogen-bond donors (Lipinski definition) is 1. The fourth-order valence-electron chi connectivity index (χ4n) is 3.08. The average Bonchev–Trinajstić information content (AvgIpc) is 3.37. The lowest BCUT2D eigenvalue weighted by Gasteiger charge is -2.12. The van der Waals surface area contributed by atoms with Crippen molar-refractivity contribution in [2.24, 2.45) is 0 Å². The van der Waals surface area contributed by atoms with Crippen molar-refractivity contribution in [1.82, 2.24) is 14.9 Å². The van der Waals surface area contributed by atoms with Crippen LogP contribution in [0.2, 0.25) is 0 Å². The molecule has 11 heteroatoms. The van der Waals surface area contributed by atoms with Gasteiger partial charge in [-0.05, 0) is 51.8 Å². The number of halogens is 1. The number of fused-ring (bicyclic) bond motifs is 1. The number of methoxy groups -OCH3 is 2. The molecule has 0 bridgehead atoms. The molecule has 2 heterocycles. The molecule has 0 aliphatic carbocycles. The second-order valence-electron chi connectivity index (χ2n) is 6.28. The highest BCUT2D eigenvalue weighted by Gasteiger charge is 2.26. The van der Waals surface area contributed by atoms with Gasteiger partial charge >= 0.3 is 0 Å². The Balaban J connectivity index is 1.75. The van der Waals surface area contributed by atoms with Crippen molar-refractivity contribution in [1.29, 1.82) is 0 Å². The third-order valence-electron chi connectivity index (χ3n) is 4.37. The summed E-state index contributed by atoms with van der Waals surface area (Å²) in [6.45, 7) is 0.495. The molecule has 0 amide bonds. The predicted octanol–water partition coefficient (Wildman–Crippen LogP) is 3.65. The highest BCUT2D eigenvalue weighted by Crippen LogP contribution is 2.37. The fraction of sp³-hybridized carbons (Fsp3) is 0.158. The first-order valence-electron chi connectivity index (χ1n) is 8.72. The highest BCUT2D eigenvalue weighted by molar-refractivity contribution is 9.10. The van der Waals surface area contributed by atoms with Crippen LogP contribution in [-0.2, 0) is 16.6 Å². The van der Waals surface area contributed by atoms with E-state index in [2.05, 4.69) is 30.9 Å². The summed E-state index contributed by atoms with van der Waals surface area (Å²) < 4.78 is 46.8. The van der Waals surface area contributed by atoms with Crippen LogP contribution in [-0.4, -0.2) is 37.6 Å². The van der Waals surface area contributed by atoms with Crippen LogP contribution in [0.1, 0.15) is 5.56 Å². The molecule has 2 aromatic heterocycles. The van der Waals surface area contributed by atoms with Gasteiger partial charge in [-0.2, -0.15) is 5.10 Å². The molecule has 0 unspecified atom stereocenters. The lowest BCUT2D eigenvalue weighted by atomic mass is 10.1. The molecule has 9 nitrogen and oxygen atoms in total. The van der Waals surface area contributed by atoms with Crippen LogP contribution in [0.25, 0.3) is 11.0 Å². The number of benzene rings is 2. The van der Waals surface area contributed by atoms with E-state index in [4.69, 9.17) is 14.0 Å². The minimum absolute atomic E-state index is 0.0188. The lowest BCUT2D eigenvalue weighted by molar-refractivity contribution is 0.402. The summed E-state index contributed by atoms with van der Waals surface area (Å²) in [7, 11) is -1.14. The van der Waals surface area contributed by atoms with Gasteiger partial charge in [-0.1, -0.05) is 11.2 Å². The van der Waals surface area contributed by atoms with Crippen molar-refractivity contribution < 1.29 is 22.4 Å². The van der Waals surface area contributed by atoms with Crippen LogP contribution in [0.15, 0.2) is 62.7 Å². The smallest absolute Gasteiger partial charge is 0.267 e. The monoisotopic (exact) mass is 492 g/mol. The van der Waals surface area contributed by atoms with Gasteiger partial charge in [0.15, 0.2) is 11.4 Å². The molecule has 0 aliphatic heterocycles. The van der Waals surface area contributed by atoms with Gasteiger partial charge in [0.2, 0.25) is 0 Å². The van der Waals surface area contributed by atoms with Crippen LogP contribution in [0.3, 0.4) is 0 Å². The summed E-state index contributed by atoms with van der Waals surface area (Å²) in [4.78, 5) is -0.0436. The lowest BCUT2D eigenvalue weighted by Crippen LogP contribution is -2.15. The van der Waals surface area contributed by atoms with Crippen molar-refractivity contribution in [2.45, 2.75) is 11.4 Å². The van der Waals surface area contributed by atoms with Crippen LogP contribution in [0.5, 0.6) is 11.5 Å². The fourth-order valence-corrected chi connectivity index (χ4v) is 5.31. The van der Waals surface area contributed by atoms with E-state index in [1.165, 1.54) is 14.2 Å². The molecule has 0 fully saturated rings. The van der Waals surface area contributed by atoms with Gasteiger partial charge in [0.05, 0.1) is 20.8 Å². The Kier molecular flexibility index (Phi) is 5.39. The number of hydrogen-bond acceptors (Lipinski definition) is 7. The molecule has 4 aromatic rings. The summed E-state index contributed by atoms with van der Waals surface area (Å²) in [5, 5.41) is 8.51. The summed E-state index contributed by atoms with van der Waals surface area (Å²) in [6, 6.07) is 10.2. The predicted molar refractivity (Wildman–Crippen MR) is 113 cm³/mol. The molecule has 0 saturated heterocycles. The maximum atomic E-state index is 13.1. The normalized spacial score (nSPS) is 11.6. The number of sulfonamides is 1. The number of nitrogens with zero attached hydrogens (tertiary/aromatic N) is 3. The van der Waals surface area contributed by atoms with Gasteiger partial charge in [0, 0.05) is 16.9 Å². The SMILES string of the molecule is COc1cccc(Br)c1S(=O)(=O)Nc1noc2cc(Cn3cccn3)cc(OC)c12. The van der Waals surface area contributed by atoms with E-state index in [1.807, 2.05) is 12.3 Å². The van der Waals surface area contributed by atoms with Crippen molar-refractivity contribution in [2.75, 3.05) is 18.9 Å². The van der Waals surface area contributed by atoms with E-state index < -0.39 is 10.0 Å². The second-order valence-corrected chi connectivity index (χ2v) is 8.76. The molecule has 1 N–H and O–H groups in total. The van der Waals surface area contributed by atoms with Gasteiger partial charge in [0.25, 0.3) is 10.0 Å². The zero-order valence-electron chi connectivity index (χ0n) is 16.0. The number of nitrogens with one attached hydrogen (secondary N) is 1. The van der Waals surface area contributed by atoms with E-state index >= 15 is 0 Å². The Morgan fingerprint density at radius 3 is 2.67 bits per heavy atom. The molecular weight excluding hydrogens is 476 g/mol. The van der Waals surface area contributed by atoms with Crippen molar-refractivity contribution in [3.05, 3.63) is 58.8 Å². The van der Waals surface area contributed by atoms with Crippen LogP contribution < -0.4 is 14.2 Å². The standard InChI is InChI=1S/C19H17BrN4O5S/c1-27-14-6-3-5-13(20)18(14)30(25,26)23-19-17-15(28-2)9-12(10-16(17)29-22-19)11-24-8-4-7-21-24/h3-10H,11H2,1-2H3,(H,22,23). The molecule has 0 saturated carbocycles. The number of aromatic nitrogens is 3. The summed E-state index contributed by atoms with van der Waals surface area (Å²) >= 11 is 3.27. The van der Waals surface area contributed by atoms with Crippen LogP contribution in [0.4, 0.5) is 5.82 Å². The Morgan fingerprint density at radius 1 is 1.17 bits per heavy atom. The third-order valence-corrected chi connectivity index (χ3v) is 6.72. The first kappa shape index (κ1) is 20.2. The van der Waals surface area contributed by atoms with E-state index in [9.17, 15) is 8.42 Å².